The average molecular weight is 617 g/mol. The normalized spacial score (nSPS) is 15.8. The molecule has 16 heteroatoms. The minimum absolute atomic E-state index is 0.109. The van der Waals surface area contributed by atoms with Gasteiger partial charge in [0.05, 0.1) is 6.10 Å². The second kappa shape index (κ2) is 13.7. The highest BCUT2D eigenvalue weighted by atomic mass is 19.4. The summed E-state index contributed by atoms with van der Waals surface area (Å²) in [5.74, 6) is -0.535. The van der Waals surface area contributed by atoms with Gasteiger partial charge in [-0.25, -0.2) is 14.4 Å². The van der Waals surface area contributed by atoms with Crippen molar-refractivity contribution in [2.45, 2.75) is 84.5 Å². The van der Waals surface area contributed by atoms with Crippen LogP contribution in [0.3, 0.4) is 0 Å². The Hall–Kier alpha value is -3.43. The number of benzene rings is 1. The Bertz CT molecular complexity index is 1090. The lowest BCUT2D eigenvalue weighted by Crippen LogP contribution is -2.52. The minimum atomic E-state index is -5.80. The highest BCUT2D eigenvalue weighted by Crippen LogP contribution is 2.36. The molecule has 0 saturated carbocycles. The van der Waals surface area contributed by atoms with Crippen LogP contribution in [0, 0.1) is 6.92 Å². The van der Waals surface area contributed by atoms with Crippen LogP contribution in [0.15, 0.2) is 18.2 Å². The molecule has 1 aliphatic heterocycles. The van der Waals surface area contributed by atoms with E-state index in [4.69, 9.17) is 18.9 Å². The molecule has 1 unspecified atom stereocenters. The quantitative estimate of drug-likeness (QED) is 0.157. The number of hydrogen-bond donors (Lipinski definition) is 0. The molecule has 1 atom stereocenters. The van der Waals surface area contributed by atoms with Crippen LogP contribution >= 0.6 is 0 Å². The van der Waals surface area contributed by atoms with Crippen molar-refractivity contribution in [1.82, 2.24) is 9.80 Å². The molecule has 0 bridgehead atoms. The van der Waals surface area contributed by atoms with E-state index in [1.165, 1.54) is 20.8 Å². The fourth-order valence-corrected chi connectivity index (χ4v) is 3.70. The monoisotopic (exact) mass is 616 g/mol. The molecule has 0 aromatic heterocycles. The summed E-state index contributed by atoms with van der Waals surface area (Å²) in [4.78, 5) is 39.1. The third kappa shape index (κ3) is 10.4. The van der Waals surface area contributed by atoms with Crippen LogP contribution in [0.4, 0.5) is 35.9 Å². The molecule has 1 heterocycles. The van der Waals surface area contributed by atoms with Crippen molar-refractivity contribution in [3.63, 3.8) is 0 Å². The Balaban J connectivity index is 2.02. The van der Waals surface area contributed by atoms with Crippen LogP contribution in [0.2, 0.25) is 0 Å². The summed E-state index contributed by atoms with van der Waals surface area (Å²) in [6.07, 6.45) is -20.3. The average Bonchev–Trinajstić information content (AvgIpc) is 2.82. The van der Waals surface area contributed by atoms with Crippen molar-refractivity contribution in [3.8, 4) is 5.75 Å². The molecule has 0 spiro atoms. The number of ether oxygens (including phenoxy) is 5. The van der Waals surface area contributed by atoms with Crippen molar-refractivity contribution >= 4 is 18.2 Å². The van der Waals surface area contributed by atoms with E-state index in [-0.39, 0.29) is 32.7 Å². The molecule has 1 amide bonds. The molecule has 0 radical (unpaired) electrons. The van der Waals surface area contributed by atoms with Crippen LogP contribution in [0.25, 0.3) is 0 Å². The molecule has 0 aliphatic carbocycles. The topological polar surface area (TPSA) is 104 Å². The number of hydrogen-bond acceptors (Lipinski definition) is 9. The van der Waals surface area contributed by atoms with E-state index >= 15 is 0 Å². The Morgan fingerprint density at radius 3 is 1.95 bits per heavy atom. The first kappa shape index (κ1) is 34.8. The van der Waals surface area contributed by atoms with Crippen molar-refractivity contribution < 1.29 is 64.4 Å². The van der Waals surface area contributed by atoms with Crippen molar-refractivity contribution in [2.75, 3.05) is 26.2 Å². The molecule has 2 rings (SSSR count). The lowest BCUT2D eigenvalue weighted by Gasteiger charge is -2.35. The Morgan fingerprint density at radius 2 is 1.43 bits per heavy atom. The molecular weight excluding hydrogens is 582 g/mol. The summed E-state index contributed by atoms with van der Waals surface area (Å²) in [6, 6.07) is 5.19. The van der Waals surface area contributed by atoms with Crippen LogP contribution in [0.5, 0.6) is 5.75 Å². The maximum Gasteiger partial charge on any atom is 0.511 e. The van der Waals surface area contributed by atoms with E-state index in [1.807, 2.05) is 0 Å². The largest absolute Gasteiger partial charge is 0.511 e. The van der Waals surface area contributed by atoms with Gasteiger partial charge in [0, 0.05) is 45.2 Å². The third-order valence-corrected chi connectivity index (χ3v) is 5.78. The lowest BCUT2D eigenvalue weighted by atomic mass is 10.1. The highest BCUT2D eigenvalue weighted by Gasteiger charge is 2.60. The van der Waals surface area contributed by atoms with Crippen molar-refractivity contribution in [1.29, 1.82) is 0 Å². The van der Waals surface area contributed by atoms with Gasteiger partial charge in [0.25, 0.3) is 6.10 Å². The van der Waals surface area contributed by atoms with Crippen molar-refractivity contribution in [2.24, 2.45) is 0 Å². The second-order valence-electron chi connectivity index (χ2n) is 10.3. The lowest BCUT2D eigenvalue weighted by molar-refractivity contribution is -0.308. The van der Waals surface area contributed by atoms with E-state index in [2.05, 4.69) is 4.74 Å². The van der Waals surface area contributed by atoms with Gasteiger partial charge in [0.2, 0.25) is 6.29 Å². The van der Waals surface area contributed by atoms with Gasteiger partial charge in [-0.1, -0.05) is 12.1 Å². The molecule has 1 aliphatic rings. The van der Waals surface area contributed by atoms with Gasteiger partial charge >= 0.3 is 30.6 Å². The highest BCUT2D eigenvalue weighted by molar-refractivity contribution is 5.79. The Labute approximate surface area is 238 Å². The van der Waals surface area contributed by atoms with Crippen LogP contribution < -0.4 is 4.74 Å². The fraction of sp³-hybridized carbons (Fsp3) is 0.654. The summed E-state index contributed by atoms with van der Waals surface area (Å²) < 4.78 is 101. The van der Waals surface area contributed by atoms with Gasteiger partial charge in [-0.15, -0.1) is 0 Å². The maximum absolute atomic E-state index is 12.8. The zero-order chi connectivity index (χ0) is 32.0. The van der Waals surface area contributed by atoms with E-state index < -0.39 is 54.7 Å². The molecule has 10 nitrogen and oxygen atoms in total. The van der Waals surface area contributed by atoms with Crippen LogP contribution in [-0.4, -0.2) is 90.6 Å². The van der Waals surface area contributed by atoms with Gasteiger partial charge in [0.1, 0.15) is 5.75 Å². The van der Waals surface area contributed by atoms with E-state index in [0.717, 1.165) is 10.5 Å². The van der Waals surface area contributed by atoms with Gasteiger partial charge < -0.3 is 28.6 Å². The summed E-state index contributed by atoms with van der Waals surface area (Å²) in [5.41, 5.74) is -0.142. The summed E-state index contributed by atoms with van der Waals surface area (Å²) in [5, 5.41) is 0. The zero-order valence-corrected chi connectivity index (χ0v) is 23.9. The summed E-state index contributed by atoms with van der Waals surface area (Å²) in [6.45, 7) is 9.32. The number of nitrogens with zero attached hydrogens (tertiary/aromatic N) is 2. The first-order valence-corrected chi connectivity index (χ1v) is 12.9. The summed E-state index contributed by atoms with van der Waals surface area (Å²) in [7, 11) is 0. The third-order valence-electron chi connectivity index (χ3n) is 5.78. The van der Waals surface area contributed by atoms with E-state index in [1.54, 1.807) is 43.9 Å². The molecule has 42 heavy (non-hydrogen) atoms. The summed E-state index contributed by atoms with van der Waals surface area (Å²) >= 11 is 0. The first-order valence-electron chi connectivity index (χ1n) is 12.9. The van der Waals surface area contributed by atoms with Gasteiger partial charge in [-0.2, -0.15) is 26.3 Å². The van der Waals surface area contributed by atoms with Crippen LogP contribution in [-0.2, 0) is 30.3 Å². The number of amides is 1. The van der Waals surface area contributed by atoms with E-state index in [9.17, 15) is 40.7 Å². The van der Waals surface area contributed by atoms with Gasteiger partial charge in [-0.05, 0) is 46.2 Å². The molecule has 238 valence electrons. The Morgan fingerprint density at radius 1 is 0.857 bits per heavy atom. The van der Waals surface area contributed by atoms with Crippen LogP contribution in [0.1, 0.15) is 45.7 Å². The fourth-order valence-electron chi connectivity index (χ4n) is 3.70. The molecule has 1 aromatic rings. The zero-order valence-electron chi connectivity index (χ0n) is 23.9. The first-order chi connectivity index (χ1) is 19.2. The predicted octanol–water partition coefficient (Wildman–Crippen LogP) is 5.35. The molecule has 0 N–H and O–H groups in total. The predicted molar refractivity (Wildman–Crippen MR) is 133 cm³/mol. The van der Waals surface area contributed by atoms with Gasteiger partial charge in [0.15, 0.2) is 5.60 Å². The van der Waals surface area contributed by atoms with Gasteiger partial charge in [-0.3, -0.25) is 4.90 Å². The number of carbonyl (C=O) groups is 3. The SMILES string of the molecule is Cc1ccc(CN2CCN(C(=O)OC(C(F)(F)F)C(F)(F)F)CC2)c(OC(C)(C)C(=O)OC(C)OC(=O)OC(C)C)c1. The van der Waals surface area contributed by atoms with E-state index in [0.29, 0.717) is 11.3 Å². The number of aryl methyl sites for hydroxylation is 1. The smallest absolute Gasteiger partial charge is 0.476 e. The number of alkyl halides is 6. The van der Waals surface area contributed by atoms with Crippen molar-refractivity contribution in [3.05, 3.63) is 29.3 Å². The maximum atomic E-state index is 12.8. The second-order valence-corrected chi connectivity index (χ2v) is 10.3. The molecule has 1 aromatic carbocycles. The number of rotatable bonds is 9. The Kier molecular flexibility index (Phi) is 11.3. The number of halogens is 6. The number of carbonyl (C=O) groups excluding carboxylic acids is 3. The standard InChI is InChI=1S/C26H34F6N2O8/c1-15(2)38-23(37)40-17(4)39-21(35)24(5,6)42-19-13-16(3)7-8-18(19)14-33-9-11-34(12-10-33)22(36)41-20(25(27,28)29)26(30,31)32/h7-8,13,15,17,20H,9-12,14H2,1-6H3. The number of esters is 1. The molecule has 1 fully saturated rings. The minimum Gasteiger partial charge on any atom is -0.476 e. The molecule has 1 saturated heterocycles. The molecular formula is C26H34F6N2O8. The number of piperazine rings is 1.